The molecule has 94 valence electrons. The van der Waals surface area contributed by atoms with Crippen molar-refractivity contribution < 1.29 is 9.18 Å². The monoisotopic (exact) mass is 278 g/mol. The van der Waals surface area contributed by atoms with Gasteiger partial charge >= 0.3 is 0 Å². The van der Waals surface area contributed by atoms with E-state index < -0.39 is 5.82 Å². The molecule has 1 aliphatic rings. The van der Waals surface area contributed by atoms with E-state index in [-0.39, 0.29) is 29.4 Å². The van der Waals surface area contributed by atoms with Crippen LogP contribution in [0.25, 0.3) is 0 Å². The summed E-state index contributed by atoms with van der Waals surface area (Å²) in [5.41, 5.74) is 6.05. The van der Waals surface area contributed by atoms with E-state index in [0.29, 0.717) is 18.7 Å². The zero-order valence-electron chi connectivity index (χ0n) is 9.03. The third-order valence-electron chi connectivity index (χ3n) is 2.67. The number of nitrogens with two attached hydrogens (primary N) is 1. The van der Waals surface area contributed by atoms with Gasteiger partial charge in [0.2, 0.25) is 0 Å². The van der Waals surface area contributed by atoms with E-state index in [0.717, 1.165) is 12.5 Å². The second-order valence-corrected chi connectivity index (χ2v) is 4.33. The third kappa shape index (κ3) is 3.09. The smallest absolute Gasteiger partial charge is 0.255 e. The average molecular weight is 279 g/mol. The van der Waals surface area contributed by atoms with Crippen molar-refractivity contribution in [2.24, 2.45) is 5.73 Å². The first-order chi connectivity index (χ1) is 7.58. The van der Waals surface area contributed by atoms with Crippen LogP contribution in [0.3, 0.4) is 0 Å². The Kier molecular flexibility index (Phi) is 4.74. The number of nitrogens with zero attached hydrogens (tertiary/aromatic N) is 1. The zero-order chi connectivity index (χ0) is 11.7. The fourth-order valence-corrected chi connectivity index (χ4v) is 2.05. The van der Waals surface area contributed by atoms with Gasteiger partial charge in [0.05, 0.1) is 10.6 Å². The maximum atomic E-state index is 12.8. The van der Waals surface area contributed by atoms with Gasteiger partial charge < -0.3 is 10.6 Å². The molecule has 1 aliphatic heterocycles. The number of hydrogen-bond donors (Lipinski definition) is 1. The van der Waals surface area contributed by atoms with Gasteiger partial charge in [0.1, 0.15) is 5.82 Å². The van der Waals surface area contributed by atoms with Crippen LogP contribution >= 0.6 is 24.0 Å². The topological polar surface area (TPSA) is 46.3 Å². The molecule has 0 bridgehead atoms. The maximum absolute atomic E-state index is 12.8. The summed E-state index contributed by atoms with van der Waals surface area (Å²) in [6.45, 7) is 1.17. The largest absolute Gasteiger partial charge is 0.337 e. The van der Waals surface area contributed by atoms with Crippen LogP contribution < -0.4 is 5.73 Å². The van der Waals surface area contributed by atoms with E-state index >= 15 is 0 Å². The quantitative estimate of drug-likeness (QED) is 0.855. The van der Waals surface area contributed by atoms with Crippen LogP contribution in [-0.2, 0) is 0 Å². The molecular weight excluding hydrogens is 266 g/mol. The van der Waals surface area contributed by atoms with Crippen molar-refractivity contribution in [1.82, 2.24) is 4.90 Å². The predicted octanol–water partition coefficient (Wildman–Crippen LogP) is 2.07. The summed E-state index contributed by atoms with van der Waals surface area (Å²) in [7, 11) is 0. The molecule has 0 spiro atoms. The number of hydrogen-bond acceptors (Lipinski definition) is 2. The van der Waals surface area contributed by atoms with Crippen molar-refractivity contribution in [3.63, 3.8) is 0 Å². The molecule has 1 heterocycles. The van der Waals surface area contributed by atoms with E-state index in [2.05, 4.69) is 0 Å². The summed E-state index contributed by atoms with van der Waals surface area (Å²) >= 11 is 5.82. The van der Waals surface area contributed by atoms with Gasteiger partial charge in [-0.15, -0.1) is 12.4 Å². The highest BCUT2D eigenvalue weighted by atomic mass is 35.5. The van der Waals surface area contributed by atoms with E-state index in [1.54, 1.807) is 4.90 Å². The van der Waals surface area contributed by atoms with Crippen LogP contribution in [0.1, 0.15) is 16.8 Å². The van der Waals surface area contributed by atoms with Crippen LogP contribution in [0.4, 0.5) is 4.39 Å². The van der Waals surface area contributed by atoms with Crippen molar-refractivity contribution in [2.45, 2.75) is 12.5 Å². The molecule has 3 nitrogen and oxygen atoms in total. The standard InChI is InChI=1S/C11H12ClFN2O.ClH/c12-10-5-7(13)1-2-9(10)11(16)15-4-3-8(14)6-15;/h1-2,5,8H,3-4,6,14H2;1H/t8-;/m0./s1. The van der Waals surface area contributed by atoms with Gasteiger partial charge in [-0.2, -0.15) is 0 Å². The molecule has 17 heavy (non-hydrogen) atoms. The Morgan fingerprint density at radius 1 is 1.53 bits per heavy atom. The molecule has 0 unspecified atom stereocenters. The molecule has 1 aromatic carbocycles. The van der Waals surface area contributed by atoms with Gasteiger partial charge in [-0.3, -0.25) is 4.79 Å². The molecule has 1 saturated heterocycles. The Balaban J connectivity index is 0.00000144. The SMILES string of the molecule is Cl.N[C@H]1CCN(C(=O)c2ccc(F)cc2Cl)C1. The van der Waals surface area contributed by atoms with Gasteiger partial charge in [-0.1, -0.05) is 11.6 Å². The Morgan fingerprint density at radius 2 is 2.24 bits per heavy atom. The van der Waals surface area contributed by atoms with Gasteiger partial charge in [-0.05, 0) is 24.6 Å². The number of amides is 1. The predicted molar refractivity (Wildman–Crippen MR) is 67.2 cm³/mol. The van der Waals surface area contributed by atoms with Crippen molar-refractivity contribution >= 4 is 29.9 Å². The molecule has 1 aromatic rings. The fourth-order valence-electron chi connectivity index (χ4n) is 1.81. The van der Waals surface area contributed by atoms with Gasteiger partial charge in [0, 0.05) is 19.1 Å². The number of benzene rings is 1. The van der Waals surface area contributed by atoms with Crippen LogP contribution in [0, 0.1) is 5.82 Å². The highest BCUT2D eigenvalue weighted by Crippen LogP contribution is 2.20. The summed E-state index contributed by atoms with van der Waals surface area (Å²) < 4.78 is 12.8. The van der Waals surface area contributed by atoms with Crippen molar-refractivity contribution in [3.05, 3.63) is 34.6 Å². The van der Waals surface area contributed by atoms with Crippen molar-refractivity contribution in [2.75, 3.05) is 13.1 Å². The molecule has 1 atom stereocenters. The van der Waals surface area contributed by atoms with Crippen molar-refractivity contribution in [3.8, 4) is 0 Å². The molecule has 1 amide bonds. The molecular formula is C11H13Cl2FN2O. The van der Waals surface area contributed by atoms with Gasteiger partial charge in [0.25, 0.3) is 5.91 Å². The first-order valence-electron chi connectivity index (χ1n) is 5.08. The van der Waals surface area contributed by atoms with Gasteiger partial charge in [0.15, 0.2) is 0 Å². The molecule has 0 radical (unpaired) electrons. The number of carbonyl (C=O) groups excluding carboxylic acids is 1. The Bertz CT molecular complexity index is 428. The van der Waals surface area contributed by atoms with Crippen molar-refractivity contribution in [1.29, 1.82) is 0 Å². The van der Waals surface area contributed by atoms with Gasteiger partial charge in [-0.25, -0.2) is 4.39 Å². The normalized spacial score (nSPS) is 19.0. The molecule has 0 aromatic heterocycles. The number of carbonyl (C=O) groups is 1. The molecule has 1 fully saturated rings. The van der Waals surface area contributed by atoms with E-state index in [4.69, 9.17) is 17.3 Å². The third-order valence-corrected chi connectivity index (χ3v) is 2.99. The molecule has 0 saturated carbocycles. The van der Waals surface area contributed by atoms with Crippen LogP contribution in [0.15, 0.2) is 18.2 Å². The molecule has 2 N–H and O–H groups in total. The number of halogens is 3. The van der Waals surface area contributed by atoms with E-state index in [1.807, 2.05) is 0 Å². The van der Waals surface area contributed by atoms with Crippen LogP contribution in [-0.4, -0.2) is 29.9 Å². The van der Waals surface area contributed by atoms with E-state index in [9.17, 15) is 9.18 Å². The minimum Gasteiger partial charge on any atom is -0.337 e. The molecule has 2 rings (SSSR count). The Morgan fingerprint density at radius 3 is 2.76 bits per heavy atom. The highest BCUT2D eigenvalue weighted by Gasteiger charge is 2.25. The number of likely N-dealkylation sites (tertiary alicyclic amines) is 1. The maximum Gasteiger partial charge on any atom is 0.255 e. The Labute approximate surface area is 110 Å². The minimum absolute atomic E-state index is 0. The summed E-state index contributed by atoms with van der Waals surface area (Å²) in [6, 6.07) is 3.81. The number of rotatable bonds is 1. The molecule has 0 aliphatic carbocycles. The van der Waals surface area contributed by atoms with Crippen LogP contribution in [0.5, 0.6) is 0 Å². The lowest BCUT2D eigenvalue weighted by atomic mass is 10.2. The molecule has 6 heteroatoms. The highest BCUT2D eigenvalue weighted by molar-refractivity contribution is 6.33. The summed E-state index contributed by atoms with van der Waals surface area (Å²) in [5, 5.41) is 0.144. The summed E-state index contributed by atoms with van der Waals surface area (Å²) in [5.74, 6) is -0.627. The summed E-state index contributed by atoms with van der Waals surface area (Å²) in [6.07, 6.45) is 0.796. The fraction of sp³-hybridized carbons (Fsp3) is 0.364. The van der Waals surface area contributed by atoms with Crippen LogP contribution in [0.2, 0.25) is 5.02 Å². The minimum atomic E-state index is -0.445. The lowest BCUT2D eigenvalue weighted by molar-refractivity contribution is 0.0791. The summed E-state index contributed by atoms with van der Waals surface area (Å²) in [4.78, 5) is 13.6. The average Bonchev–Trinajstić information content (AvgIpc) is 2.64. The lowest BCUT2D eigenvalue weighted by Gasteiger charge is -2.16. The first-order valence-corrected chi connectivity index (χ1v) is 5.45. The Hall–Kier alpha value is -0.840. The lowest BCUT2D eigenvalue weighted by Crippen LogP contribution is -2.32. The first kappa shape index (κ1) is 14.2. The second kappa shape index (κ2) is 5.67. The second-order valence-electron chi connectivity index (χ2n) is 3.92. The zero-order valence-corrected chi connectivity index (χ0v) is 10.6. The van der Waals surface area contributed by atoms with E-state index in [1.165, 1.54) is 12.1 Å².